The van der Waals surface area contributed by atoms with Crippen LogP contribution < -0.4 is 0 Å². The molecular weight excluding hydrogens is 338 g/mol. The van der Waals surface area contributed by atoms with Gasteiger partial charge in [0.2, 0.25) is 5.78 Å². The lowest BCUT2D eigenvalue weighted by atomic mass is 9.94. The van der Waals surface area contributed by atoms with Crippen molar-refractivity contribution in [2.75, 3.05) is 6.54 Å². The summed E-state index contributed by atoms with van der Waals surface area (Å²) >= 11 is 0. The molecule has 2 aliphatic rings. The van der Waals surface area contributed by atoms with E-state index < -0.39 is 5.92 Å². The minimum atomic E-state index is -0.446. The third-order valence-corrected chi connectivity index (χ3v) is 5.80. The summed E-state index contributed by atoms with van der Waals surface area (Å²) in [5.74, 6) is -1.08. The topological polar surface area (TPSA) is 63.2 Å². The first-order valence-corrected chi connectivity index (χ1v) is 9.92. The highest BCUT2D eigenvalue weighted by molar-refractivity contribution is 6.40. The zero-order valence-electron chi connectivity index (χ0n) is 15.5. The van der Waals surface area contributed by atoms with Crippen LogP contribution in [0.15, 0.2) is 42.7 Å². The van der Waals surface area contributed by atoms with Crippen LogP contribution in [-0.4, -0.2) is 39.1 Å². The van der Waals surface area contributed by atoms with Crippen molar-refractivity contribution in [2.24, 2.45) is 0 Å². The maximum atomic E-state index is 12.6. The maximum absolute atomic E-state index is 12.6. The molecule has 1 unspecified atom stereocenters. The Morgan fingerprint density at radius 3 is 2.52 bits per heavy atom. The molecule has 0 bridgehead atoms. The first-order chi connectivity index (χ1) is 13.2. The van der Waals surface area contributed by atoms with Gasteiger partial charge in [0.05, 0.1) is 11.6 Å². The van der Waals surface area contributed by atoms with Crippen LogP contribution in [0, 0.1) is 0 Å². The Labute approximate surface area is 159 Å². The number of benzene rings is 1. The predicted molar refractivity (Wildman–Crippen MR) is 102 cm³/mol. The molecule has 27 heavy (non-hydrogen) atoms. The average molecular weight is 363 g/mol. The van der Waals surface area contributed by atoms with Gasteiger partial charge in [0.1, 0.15) is 6.33 Å². The number of nitrogens with zero attached hydrogens (tertiary/aromatic N) is 3. The summed E-state index contributed by atoms with van der Waals surface area (Å²) in [4.78, 5) is 35.6. The highest BCUT2D eigenvalue weighted by Crippen LogP contribution is 2.31. The Hall–Kier alpha value is -2.56. The monoisotopic (exact) mass is 363 g/mol. The lowest BCUT2D eigenvalue weighted by Crippen LogP contribution is -2.38. The fourth-order valence-electron chi connectivity index (χ4n) is 4.25. The third kappa shape index (κ3) is 3.92. The van der Waals surface area contributed by atoms with Crippen LogP contribution in [0.5, 0.6) is 0 Å². The maximum Gasteiger partial charge on any atom is 0.291 e. The number of likely N-dealkylation sites (tertiary alicyclic amines) is 1. The molecule has 5 heteroatoms. The molecule has 1 atom stereocenters. The second-order valence-corrected chi connectivity index (χ2v) is 7.59. The van der Waals surface area contributed by atoms with Gasteiger partial charge in [-0.1, -0.05) is 49.6 Å². The van der Waals surface area contributed by atoms with E-state index in [0.29, 0.717) is 12.2 Å². The van der Waals surface area contributed by atoms with Crippen molar-refractivity contribution in [2.45, 2.75) is 56.9 Å². The summed E-state index contributed by atoms with van der Waals surface area (Å²) in [7, 11) is 0. The number of hydrogen-bond acceptors (Lipinski definition) is 4. The first-order valence-electron chi connectivity index (χ1n) is 9.92. The summed E-state index contributed by atoms with van der Waals surface area (Å²) < 4.78 is 0. The largest absolute Gasteiger partial charge is 0.332 e. The molecule has 0 spiro atoms. The normalized spacial score (nSPS) is 21.0. The minimum absolute atomic E-state index is 0.222. The zero-order chi connectivity index (χ0) is 18.6. The van der Waals surface area contributed by atoms with Crippen LogP contribution in [0.4, 0.5) is 0 Å². The van der Waals surface area contributed by atoms with Crippen LogP contribution in [0.2, 0.25) is 0 Å². The van der Waals surface area contributed by atoms with E-state index in [0.717, 1.165) is 44.2 Å². The number of hydrogen-bond donors (Lipinski definition) is 0. The minimum Gasteiger partial charge on any atom is -0.332 e. The average Bonchev–Trinajstić information content (AvgIpc) is 3.03. The van der Waals surface area contributed by atoms with Crippen molar-refractivity contribution >= 4 is 11.7 Å². The van der Waals surface area contributed by atoms with E-state index in [2.05, 4.69) is 22.1 Å². The molecule has 2 heterocycles. The van der Waals surface area contributed by atoms with E-state index in [-0.39, 0.29) is 17.7 Å². The summed E-state index contributed by atoms with van der Waals surface area (Å²) in [6.45, 7) is 0.470. The van der Waals surface area contributed by atoms with E-state index >= 15 is 0 Å². The molecule has 1 saturated carbocycles. The smallest absolute Gasteiger partial charge is 0.291 e. The fourth-order valence-corrected chi connectivity index (χ4v) is 4.25. The summed E-state index contributed by atoms with van der Waals surface area (Å²) in [5.41, 5.74) is 2.86. The highest BCUT2D eigenvalue weighted by Gasteiger charge is 2.43. The van der Waals surface area contributed by atoms with Crippen molar-refractivity contribution in [3.63, 3.8) is 0 Å². The van der Waals surface area contributed by atoms with Crippen molar-refractivity contribution in [3.8, 4) is 0 Å². The summed E-state index contributed by atoms with van der Waals surface area (Å²) in [5, 5.41) is 0. The van der Waals surface area contributed by atoms with E-state index in [1.54, 1.807) is 4.90 Å². The zero-order valence-corrected chi connectivity index (χ0v) is 15.5. The summed E-state index contributed by atoms with van der Waals surface area (Å²) in [6.07, 6.45) is 8.75. The molecular formula is C22H25N3O2. The van der Waals surface area contributed by atoms with E-state index in [9.17, 15) is 9.59 Å². The van der Waals surface area contributed by atoms with Gasteiger partial charge in [0.15, 0.2) is 0 Å². The molecule has 1 aliphatic carbocycles. The Morgan fingerprint density at radius 2 is 1.74 bits per heavy atom. The van der Waals surface area contributed by atoms with Crippen LogP contribution in [0.1, 0.15) is 55.0 Å². The molecule has 140 valence electrons. The molecule has 1 amide bonds. The first kappa shape index (κ1) is 17.8. The number of carbonyl (C=O) groups excluding carboxylic acids is 2. The number of ketones is 1. The number of amides is 1. The van der Waals surface area contributed by atoms with Gasteiger partial charge >= 0.3 is 0 Å². The molecule has 1 saturated heterocycles. The van der Waals surface area contributed by atoms with Gasteiger partial charge in [-0.2, -0.15) is 0 Å². The van der Waals surface area contributed by atoms with Gasteiger partial charge in [-0.25, -0.2) is 9.97 Å². The lowest BCUT2D eigenvalue weighted by molar-refractivity contribution is -0.141. The number of Topliss-reactive ketones (excluding diaryl/α,β-unsaturated/α-hetero) is 1. The molecule has 0 N–H and O–H groups in total. The standard InChI is InChI=1S/C22H25N3O2/c26-21-19(14-25(22(21)27)18-9-5-2-6-10-18)20-13-17(23-15-24-20)12-11-16-7-3-1-4-8-16/h1,3-4,7-8,13,15,18-19H,2,5-6,9-12,14H2. The van der Waals surface area contributed by atoms with Crippen LogP contribution in [-0.2, 0) is 22.4 Å². The highest BCUT2D eigenvalue weighted by atomic mass is 16.2. The Morgan fingerprint density at radius 1 is 0.963 bits per heavy atom. The fraction of sp³-hybridized carbons (Fsp3) is 0.455. The van der Waals surface area contributed by atoms with Crippen molar-refractivity contribution in [3.05, 3.63) is 59.7 Å². The molecule has 1 aromatic heterocycles. The lowest BCUT2D eigenvalue weighted by Gasteiger charge is -2.30. The van der Waals surface area contributed by atoms with Gasteiger partial charge in [0.25, 0.3) is 5.91 Å². The second-order valence-electron chi connectivity index (χ2n) is 7.59. The van der Waals surface area contributed by atoms with Gasteiger partial charge < -0.3 is 4.90 Å². The number of aryl methyl sites for hydroxylation is 2. The molecule has 0 radical (unpaired) electrons. The van der Waals surface area contributed by atoms with Crippen molar-refractivity contribution in [1.29, 1.82) is 0 Å². The molecule has 2 aromatic rings. The summed E-state index contributed by atoms with van der Waals surface area (Å²) in [6, 6.07) is 12.4. The number of aromatic nitrogens is 2. The number of carbonyl (C=O) groups is 2. The van der Waals surface area contributed by atoms with Crippen LogP contribution in [0.25, 0.3) is 0 Å². The molecule has 5 nitrogen and oxygen atoms in total. The van der Waals surface area contributed by atoms with E-state index in [4.69, 9.17) is 0 Å². The van der Waals surface area contributed by atoms with Crippen LogP contribution in [0.3, 0.4) is 0 Å². The molecule has 2 fully saturated rings. The van der Waals surface area contributed by atoms with Gasteiger partial charge in [-0.05, 0) is 37.3 Å². The molecule has 4 rings (SSSR count). The van der Waals surface area contributed by atoms with E-state index in [1.807, 2.05) is 24.3 Å². The molecule has 1 aromatic carbocycles. The molecule has 1 aliphatic heterocycles. The quantitative estimate of drug-likeness (QED) is 0.766. The Bertz CT molecular complexity index is 815. The van der Waals surface area contributed by atoms with Crippen molar-refractivity contribution < 1.29 is 9.59 Å². The van der Waals surface area contributed by atoms with Crippen molar-refractivity contribution in [1.82, 2.24) is 14.9 Å². The van der Waals surface area contributed by atoms with Crippen LogP contribution >= 0.6 is 0 Å². The van der Waals surface area contributed by atoms with E-state index in [1.165, 1.54) is 18.3 Å². The second kappa shape index (κ2) is 7.99. The Balaban J connectivity index is 1.46. The van der Waals surface area contributed by atoms with Gasteiger partial charge in [-0.3, -0.25) is 9.59 Å². The van der Waals surface area contributed by atoms with Gasteiger partial charge in [0, 0.05) is 18.3 Å². The Kier molecular flexibility index (Phi) is 5.28. The third-order valence-electron chi connectivity index (χ3n) is 5.80. The van der Waals surface area contributed by atoms with Gasteiger partial charge in [-0.15, -0.1) is 0 Å². The SMILES string of the molecule is O=C1C(=O)N(C2CCCCC2)CC1c1cc(CCc2ccccc2)ncn1. The number of rotatable bonds is 5. The predicted octanol–water partition coefficient (Wildman–Crippen LogP) is 3.09.